The summed E-state index contributed by atoms with van der Waals surface area (Å²) in [6, 6.07) is 0. The lowest BCUT2D eigenvalue weighted by Gasteiger charge is -2.55. The average Bonchev–Trinajstić information content (AvgIpc) is 2.12. The predicted octanol–water partition coefficient (Wildman–Crippen LogP) is 4.73. The van der Waals surface area contributed by atoms with Crippen molar-refractivity contribution in [2.45, 2.75) is 52.9 Å². The van der Waals surface area contributed by atoms with Gasteiger partial charge < -0.3 is 0 Å². The van der Waals surface area contributed by atoms with E-state index in [0.717, 1.165) is 5.92 Å². The zero-order chi connectivity index (χ0) is 11.3. The highest BCUT2D eigenvalue weighted by molar-refractivity contribution is 5.36. The van der Waals surface area contributed by atoms with Crippen LogP contribution in [0.1, 0.15) is 52.9 Å². The lowest BCUT2D eigenvalue weighted by atomic mass is 9.50. The number of allylic oxidation sites excluding steroid dienone is 2. The predicted molar refractivity (Wildman–Crippen MR) is 66.7 cm³/mol. The molecule has 2 atom stereocenters. The molecule has 84 valence electrons. The third-order valence-corrected chi connectivity index (χ3v) is 5.08. The molecule has 2 aliphatic rings. The van der Waals surface area contributed by atoms with E-state index in [0.29, 0.717) is 10.8 Å². The molecule has 0 radical (unpaired) electrons. The molecule has 0 heteroatoms. The van der Waals surface area contributed by atoms with Crippen molar-refractivity contribution in [1.82, 2.24) is 0 Å². The lowest BCUT2D eigenvalue weighted by molar-refractivity contribution is 0.0135. The van der Waals surface area contributed by atoms with E-state index in [1.807, 2.05) is 0 Å². The van der Waals surface area contributed by atoms with E-state index in [2.05, 4.69) is 33.9 Å². The van der Waals surface area contributed by atoms with Crippen molar-refractivity contribution >= 4 is 0 Å². The lowest BCUT2D eigenvalue weighted by Crippen LogP contribution is -2.45. The molecular formula is C15H24. The van der Waals surface area contributed by atoms with Gasteiger partial charge in [0, 0.05) is 0 Å². The third-order valence-electron chi connectivity index (χ3n) is 5.08. The van der Waals surface area contributed by atoms with Gasteiger partial charge in [0.1, 0.15) is 0 Å². The maximum atomic E-state index is 4.32. The van der Waals surface area contributed by atoms with Crippen LogP contribution in [0, 0.1) is 16.7 Å². The summed E-state index contributed by atoms with van der Waals surface area (Å²) in [4.78, 5) is 0. The molecule has 0 aliphatic heterocycles. The minimum Gasteiger partial charge on any atom is -0.0956 e. The highest BCUT2D eigenvalue weighted by atomic mass is 14.5. The zero-order valence-corrected chi connectivity index (χ0v) is 10.5. The molecule has 0 saturated heterocycles. The molecular weight excluding hydrogens is 180 g/mol. The number of rotatable bonds is 0. The molecule has 0 unspecified atom stereocenters. The molecule has 0 bridgehead atoms. The van der Waals surface area contributed by atoms with Crippen molar-refractivity contribution in [3.63, 3.8) is 0 Å². The van der Waals surface area contributed by atoms with Crippen LogP contribution in [0.4, 0.5) is 0 Å². The maximum Gasteiger partial charge on any atom is -0.00452 e. The molecule has 0 nitrogen and oxygen atoms in total. The van der Waals surface area contributed by atoms with E-state index >= 15 is 0 Å². The molecule has 0 aromatic carbocycles. The molecule has 2 saturated carbocycles. The minimum atomic E-state index is 0.344. The van der Waals surface area contributed by atoms with E-state index in [1.54, 1.807) is 0 Å². The number of hydrogen-bond donors (Lipinski definition) is 0. The van der Waals surface area contributed by atoms with Gasteiger partial charge in [-0.25, -0.2) is 0 Å². The molecule has 0 aromatic heterocycles. The van der Waals surface area contributed by atoms with E-state index in [9.17, 15) is 0 Å². The molecule has 2 aliphatic carbocycles. The van der Waals surface area contributed by atoms with Crippen molar-refractivity contribution in [2.75, 3.05) is 0 Å². The largest absolute Gasteiger partial charge is 0.0956 e. The first-order valence-corrected chi connectivity index (χ1v) is 6.25. The van der Waals surface area contributed by atoms with Gasteiger partial charge in [0.15, 0.2) is 0 Å². The Hall–Kier alpha value is -0.520. The fourth-order valence-electron chi connectivity index (χ4n) is 4.07. The SMILES string of the molecule is C=C1CC[C@@H]2C(C)(C)CCC[C@@]2(C)C1=C. The summed E-state index contributed by atoms with van der Waals surface area (Å²) in [5.41, 5.74) is 3.51. The van der Waals surface area contributed by atoms with Gasteiger partial charge in [-0.2, -0.15) is 0 Å². The molecule has 0 aromatic rings. The second-order valence-corrected chi connectivity index (χ2v) is 6.43. The van der Waals surface area contributed by atoms with Crippen LogP contribution in [0.3, 0.4) is 0 Å². The summed E-state index contributed by atoms with van der Waals surface area (Å²) < 4.78 is 0. The standard InChI is InChI=1S/C15H24/c1-11-7-8-13-14(3,4)9-6-10-15(13,5)12(11)2/h13H,1-2,6-10H2,3-5H3/t13-,15+/m1/s1. The third kappa shape index (κ3) is 1.49. The fraction of sp³-hybridized carbons (Fsp3) is 0.733. The van der Waals surface area contributed by atoms with Gasteiger partial charge in [0.2, 0.25) is 0 Å². The Morgan fingerprint density at radius 3 is 2.47 bits per heavy atom. The first kappa shape index (κ1) is 11.0. The van der Waals surface area contributed by atoms with Gasteiger partial charge >= 0.3 is 0 Å². The second-order valence-electron chi connectivity index (χ2n) is 6.43. The highest BCUT2D eigenvalue weighted by Crippen LogP contribution is 2.60. The first-order chi connectivity index (χ1) is 6.88. The van der Waals surface area contributed by atoms with Crippen molar-refractivity contribution in [3.05, 3.63) is 24.3 Å². The summed E-state index contributed by atoms with van der Waals surface area (Å²) in [5, 5.41) is 0. The Balaban J connectivity index is 2.38. The van der Waals surface area contributed by atoms with Crippen LogP contribution in [0.5, 0.6) is 0 Å². The topological polar surface area (TPSA) is 0 Å². The Kier molecular flexibility index (Phi) is 2.37. The van der Waals surface area contributed by atoms with Crippen LogP contribution in [-0.4, -0.2) is 0 Å². The summed E-state index contributed by atoms with van der Waals surface area (Å²) in [6.45, 7) is 15.8. The minimum absolute atomic E-state index is 0.344. The smallest absolute Gasteiger partial charge is 0.00452 e. The summed E-state index contributed by atoms with van der Waals surface area (Å²) in [5.74, 6) is 0.816. The quantitative estimate of drug-likeness (QED) is 0.535. The highest BCUT2D eigenvalue weighted by Gasteiger charge is 2.49. The monoisotopic (exact) mass is 204 g/mol. The molecule has 0 N–H and O–H groups in total. The van der Waals surface area contributed by atoms with Gasteiger partial charge in [-0.15, -0.1) is 0 Å². The Morgan fingerprint density at radius 1 is 1.13 bits per heavy atom. The van der Waals surface area contributed by atoms with E-state index in [-0.39, 0.29) is 0 Å². The Labute approximate surface area is 94.5 Å². The van der Waals surface area contributed by atoms with Crippen LogP contribution < -0.4 is 0 Å². The first-order valence-electron chi connectivity index (χ1n) is 6.25. The van der Waals surface area contributed by atoms with Gasteiger partial charge in [0.05, 0.1) is 0 Å². The molecule has 0 heterocycles. The van der Waals surface area contributed by atoms with Crippen molar-refractivity contribution in [1.29, 1.82) is 0 Å². The maximum absolute atomic E-state index is 4.32. The molecule has 15 heavy (non-hydrogen) atoms. The van der Waals surface area contributed by atoms with Gasteiger partial charge in [-0.1, -0.05) is 45.9 Å². The van der Waals surface area contributed by atoms with Crippen LogP contribution >= 0.6 is 0 Å². The second kappa shape index (κ2) is 3.23. The van der Waals surface area contributed by atoms with Crippen molar-refractivity contribution in [2.24, 2.45) is 16.7 Å². The molecule has 0 spiro atoms. The van der Waals surface area contributed by atoms with Crippen molar-refractivity contribution in [3.8, 4) is 0 Å². The van der Waals surface area contributed by atoms with Crippen LogP contribution in [-0.2, 0) is 0 Å². The van der Waals surface area contributed by atoms with Gasteiger partial charge in [0.25, 0.3) is 0 Å². The summed E-state index contributed by atoms with van der Waals surface area (Å²) in [7, 11) is 0. The molecule has 2 rings (SSSR count). The fourth-order valence-corrected chi connectivity index (χ4v) is 4.07. The zero-order valence-electron chi connectivity index (χ0n) is 10.5. The van der Waals surface area contributed by atoms with E-state index in [1.165, 1.54) is 43.3 Å². The average molecular weight is 204 g/mol. The Bertz CT molecular complexity index is 308. The van der Waals surface area contributed by atoms with E-state index in [4.69, 9.17) is 0 Å². The molecule has 2 fully saturated rings. The number of fused-ring (bicyclic) bond motifs is 1. The summed E-state index contributed by atoms with van der Waals surface area (Å²) in [6.07, 6.45) is 6.54. The summed E-state index contributed by atoms with van der Waals surface area (Å²) >= 11 is 0. The normalized spacial score (nSPS) is 40.1. The van der Waals surface area contributed by atoms with Crippen LogP contribution in [0.2, 0.25) is 0 Å². The van der Waals surface area contributed by atoms with Crippen LogP contribution in [0.25, 0.3) is 0 Å². The van der Waals surface area contributed by atoms with Gasteiger partial charge in [-0.05, 0) is 48.0 Å². The van der Waals surface area contributed by atoms with Crippen molar-refractivity contribution < 1.29 is 0 Å². The van der Waals surface area contributed by atoms with Crippen LogP contribution in [0.15, 0.2) is 24.3 Å². The van der Waals surface area contributed by atoms with Gasteiger partial charge in [-0.3, -0.25) is 0 Å². The number of hydrogen-bond acceptors (Lipinski definition) is 0. The molecule has 0 amide bonds. The van der Waals surface area contributed by atoms with E-state index < -0.39 is 0 Å². The Morgan fingerprint density at radius 2 is 1.80 bits per heavy atom.